The standard InChI is InChI=1S/C24H34N2O4S/c1-5-30-23(29)17-10-12-25(13-11-17)22(28)20-14-19(31)15-26(20)21(27)16-6-8-18(9-7-16)24(2,3)4/h6-9,17,19-20,31H,5,10-15H2,1-4H3/t19-,20-/m0/s1. The van der Waals surface area contributed by atoms with Crippen molar-refractivity contribution >= 4 is 30.4 Å². The second-order valence-corrected chi connectivity index (χ2v) is 10.3. The van der Waals surface area contributed by atoms with Gasteiger partial charge < -0.3 is 14.5 Å². The van der Waals surface area contributed by atoms with E-state index < -0.39 is 6.04 Å². The lowest BCUT2D eigenvalue weighted by molar-refractivity contribution is -0.151. The second-order valence-electron chi connectivity index (χ2n) is 9.54. The molecule has 6 nitrogen and oxygen atoms in total. The van der Waals surface area contributed by atoms with Crippen LogP contribution in [0.1, 0.15) is 62.9 Å². The van der Waals surface area contributed by atoms with E-state index in [9.17, 15) is 14.4 Å². The third-order valence-electron chi connectivity index (χ3n) is 6.25. The summed E-state index contributed by atoms with van der Waals surface area (Å²) in [5, 5.41) is -0.0242. The van der Waals surface area contributed by atoms with E-state index in [4.69, 9.17) is 4.74 Å². The molecule has 2 saturated heterocycles. The van der Waals surface area contributed by atoms with Gasteiger partial charge in [0, 0.05) is 30.4 Å². The Hall–Kier alpha value is -2.02. The third-order valence-corrected chi connectivity index (χ3v) is 6.62. The monoisotopic (exact) mass is 446 g/mol. The summed E-state index contributed by atoms with van der Waals surface area (Å²) < 4.78 is 5.11. The smallest absolute Gasteiger partial charge is 0.309 e. The summed E-state index contributed by atoms with van der Waals surface area (Å²) in [5.41, 5.74) is 1.77. The number of ether oxygens (including phenoxy) is 1. The van der Waals surface area contributed by atoms with E-state index >= 15 is 0 Å². The summed E-state index contributed by atoms with van der Waals surface area (Å²) in [6, 6.07) is 7.16. The van der Waals surface area contributed by atoms with Gasteiger partial charge in [-0.3, -0.25) is 14.4 Å². The van der Waals surface area contributed by atoms with Gasteiger partial charge >= 0.3 is 5.97 Å². The summed E-state index contributed by atoms with van der Waals surface area (Å²) in [7, 11) is 0. The number of hydrogen-bond acceptors (Lipinski definition) is 5. The van der Waals surface area contributed by atoms with E-state index in [1.54, 1.807) is 16.7 Å². The Morgan fingerprint density at radius 2 is 1.71 bits per heavy atom. The molecule has 2 amide bonds. The van der Waals surface area contributed by atoms with Crippen LogP contribution in [-0.2, 0) is 19.7 Å². The van der Waals surface area contributed by atoms with Crippen LogP contribution in [0.3, 0.4) is 0 Å². The van der Waals surface area contributed by atoms with Crippen LogP contribution in [0.25, 0.3) is 0 Å². The topological polar surface area (TPSA) is 66.9 Å². The minimum atomic E-state index is -0.503. The maximum Gasteiger partial charge on any atom is 0.309 e. The highest BCUT2D eigenvalue weighted by atomic mass is 32.1. The lowest BCUT2D eigenvalue weighted by atomic mass is 9.86. The van der Waals surface area contributed by atoms with Gasteiger partial charge in [-0.05, 0) is 49.3 Å². The van der Waals surface area contributed by atoms with Gasteiger partial charge in [0.15, 0.2) is 0 Å². The fourth-order valence-corrected chi connectivity index (χ4v) is 4.73. The van der Waals surface area contributed by atoms with Gasteiger partial charge in [0.25, 0.3) is 5.91 Å². The van der Waals surface area contributed by atoms with Crippen molar-refractivity contribution in [3.8, 4) is 0 Å². The van der Waals surface area contributed by atoms with E-state index in [2.05, 4.69) is 33.4 Å². The first-order valence-corrected chi connectivity index (χ1v) is 11.7. The molecule has 2 fully saturated rings. The predicted octanol–water partition coefficient (Wildman–Crippen LogP) is 3.30. The van der Waals surface area contributed by atoms with E-state index in [0.717, 1.165) is 5.56 Å². The Bertz CT molecular complexity index is 810. The number of carbonyl (C=O) groups is 3. The van der Waals surface area contributed by atoms with Crippen molar-refractivity contribution in [3.05, 3.63) is 35.4 Å². The molecule has 0 aromatic heterocycles. The molecular weight excluding hydrogens is 412 g/mol. The van der Waals surface area contributed by atoms with E-state index in [-0.39, 0.29) is 34.4 Å². The van der Waals surface area contributed by atoms with Gasteiger partial charge in [-0.2, -0.15) is 12.6 Å². The van der Waals surface area contributed by atoms with Crippen LogP contribution in [0, 0.1) is 5.92 Å². The van der Waals surface area contributed by atoms with Crippen LogP contribution in [0.5, 0.6) is 0 Å². The number of thiol groups is 1. The molecule has 0 spiro atoms. The first-order chi connectivity index (χ1) is 14.6. The molecule has 2 atom stereocenters. The Morgan fingerprint density at radius 3 is 2.26 bits per heavy atom. The number of nitrogens with zero attached hydrogens (tertiary/aromatic N) is 2. The molecular formula is C24H34N2O4S. The van der Waals surface area contributed by atoms with E-state index in [1.165, 1.54) is 0 Å². The normalized spacial score (nSPS) is 22.5. The van der Waals surface area contributed by atoms with Gasteiger partial charge in [0.1, 0.15) is 6.04 Å². The molecule has 31 heavy (non-hydrogen) atoms. The lowest BCUT2D eigenvalue weighted by Gasteiger charge is -2.34. The summed E-state index contributed by atoms with van der Waals surface area (Å²) in [5.74, 6) is -0.499. The van der Waals surface area contributed by atoms with Crippen molar-refractivity contribution in [3.63, 3.8) is 0 Å². The van der Waals surface area contributed by atoms with Crippen molar-refractivity contribution in [2.24, 2.45) is 5.92 Å². The Kier molecular flexibility index (Phi) is 7.35. The first-order valence-electron chi connectivity index (χ1n) is 11.2. The number of likely N-dealkylation sites (tertiary alicyclic amines) is 2. The van der Waals surface area contributed by atoms with Gasteiger partial charge in [-0.15, -0.1) is 0 Å². The van der Waals surface area contributed by atoms with E-state index in [0.29, 0.717) is 51.1 Å². The summed E-state index contributed by atoms with van der Waals surface area (Å²) in [4.78, 5) is 41.9. The molecule has 7 heteroatoms. The van der Waals surface area contributed by atoms with Crippen LogP contribution < -0.4 is 0 Å². The molecule has 2 heterocycles. The number of carbonyl (C=O) groups excluding carboxylic acids is 3. The largest absolute Gasteiger partial charge is 0.466 e. The van der Waals surface area contributed by atoms with Crippen LogP contribution in [0.4, 0.5) is 0 Å². The molecule has 2 aliphatic rings. The number of esters is 1. The molecule has 170 valence electrons. The average Bonchev–Trinajstić information content (AvgIpc) is 3.14. The number of amides is 2. The van der Waals surface area contributed by atoms with Crippen molar-refractivity contribution in [2.75, 3.05) is 26.2 Å². The quantitative estimate of drug-likeness (QED) is 0.569. The maximum absolute atomic E-state index is 13.3. The van der Waals surface area contributed by atoms with Crippen LogP contribution in [-0.4, -0.2) is 65.1 Å². The maximum atomic E-state index is 13.3. The van der Waals surface area contributed by atoms with Crippen molar-refractivity contribution < 1.29 is 19.1 Å². The van der Waals surface area contributed by atoms with Crippen LogP contribution in [0.2, 0.25) is 0 Å². The van der Waals surface area contributed by atoms with Crippen molar-refractivity contribution in [1.82, 2.24) is 9.80 Å². The molecule has 0 aliphatic carbocycles. The third kappa shape index (κ3) is 5.43. The Labute approximate surface area is 190 Å². The minimum Gasteiger partial charge on any atom is -0.466 e. The molecule has 3 rings (SSSR count). The average molecular weight is 447 g/mol. The highest BCUT2D eigenvalue weighted by Crippen LogP contribution is 2.29. The summed E-state index contributed by atoms with van der Waals surface area (Å²) >= 11 is 4.57. The predicted molar refractivity (Wildman–Crippen MR) is 123 cm³/mol. The Morgan fingerprint density at radius 1 is 1.10 bits per heavy atom. The molecule has 0 saturated carbocycles. The van der Waals surface area contributed by atoms with Crippen molar-refractivity contribution in [1.29, 1.82) is 0 Å². The Balaban J connectivity index is 1.67. The van der Waals surface area contributed by atoms with Crippen LogP contribution >= 0.6 is 12.6 Å². The summed E-state index contributed by atoms with van der Waals surface area (Å²) in [6.07, 6.45) is 1.75. The lowest BCUT2D eigenvalue weighted by Crippen LogP contribution is -2.50. The summed E-state index contributed by atoms with van der Waals surface area (Å²) in [6.45, 7) is 10.1. The highest BCUT2D eigenvalue weighted by Gasteiger charge is 2.41. The van der Waals surface area contributed by atoms with E-state index in [1.807, 2.05) is 24.3 Å². The van der Waals surface area contributed by atoms with Crippen molar-refractivity contribution in [2.45, 2.75) is 63.7 Å². The number of hydrogen-bond donors (Lipinski definition) is 1. The van der Waals surface area contributed by atoms with Gasteiger partial charge in [0.05, 0.1) is 12.5 Å². The minimum absolute atomic E-state index is 0.0135. The zero-order chi connectivity index (χ0) is 22.8. The molecule has 1 aromatic carbocycles. The highest BCUT2D eigenvalue weighted by molar-refractivity contribution is 7.81. The zero-order valence-electron chi connectivity index (χ0n) is 19.0. The molecule has 0 unspecified atom stereocenters. The SMILES string of the molecule is CCOC(=O)C1CCN(C(=O)[C@@H]2C[C@H](S)CN2C(=O)c2ccc(C(C)(C)C)cc2)CC1. The van der Waals surface area contributed by atoms with Gasteiger partial charge in [-0.1, -0.05) is 32.9 Å². The molecule has 1 aromatic rings. The van der Waals surface area contributed by atoms with Gasteiger partial charge in [-0.25, -0.2) is 0 Å². The molecule has 0 radical (unpaired) electrons. The fraction of sp³-hybridized carbons (Fsp3) is 0.625. The molecule has 0 bridgehead atoms. The zero-order valence-corrected chi connectivity index (χ0v) is 19.9. The molecule has 2 aliphatic heterocycles. The van der Waals surface area contributed by atoms with Gasteiger partial charge in [0.2, 0.25) is 5.91 Å². The number of piperidine rings is 1. The fourth-order valence-electron chi connectivity index (χ4n) is 4.36. The van der Waals surface area contributed by atoms with Crippen LogP contribution in [0.15, 0.2) is 24.3 Å². The number of benzene rings is 1. The molecule has 0 N–H and O–H groups in total. The first kappa shape index (κ1) is 23.6. The second kappa shape index (κ2) is 9.63. The number of rotatable bonds is 4.